The Kier molecular flexibility index (Phi) is 6.38. The van der Waals surface area contributed by atoms with Gasteiger partial charge in [-0.2, -0.15) is 4.98 Å². The van der Waals surface area contributed by atoms with Gasteiger partial charge in [-0.3, -0.25) is 4.79 Å². The number of rotatable bonds is 4. The quantitative estimate of drug-likeness (QED) is 0.560. The minimum absolute atomic E-state index is 0.0961. The molecule has 178 valence electrons. The highest BCUT2D eigenvalue weighted by molar-refractivity contribution is 6.33. The van der Waals surface area contributed by atoms with E-state index in [0.717, 1.165) is 30.5 Å². The van der Waals surface area contributed by atoms with Crippen molar-refractivity contribution >= 4 is 29.3 Å². The number of aryl methyl sites for hydroxylation is 2. The van der Waals surface area contributed by atoms with Crippen molar-refractivity contribution in [3.63, 3.8) is 0 Å². The molecule has 0 N–H and O–H groups in total. The van der Waals surface area contributed by atoms with Gasteiger partial charge in [0.15, 0.2) is 0 Å². The first-order valence-electron chi connectivity index (χ1n) is 11.4. The SMILES string of the molecule is Cc1cc(N2CCN(C(=O)c3c(-c4ccccc4Cl)noc3C)CC2)nc(N2CCOCC2)n1. The lowest BCUT2D eigenvalue weighted by Gasteiger charge is -2.36. The summed E-state index contributed by atoms with van der Waals surface area (Å²) in [6.07, 6.45) is 0. The number of hydrogen-bond donors (Lipinski definition) is 0. The van der Waals surface area contributed by atoms with Crippen LogP contribution in [-0.4, -0.2) is 78.4 Å². The van der Waals surface area contributed by atoms with E-state index in [1.807, 2.05) is 36.1 Å². The van der Waals surface area contributed by atoms with Crippen LogP contribution in [0.3, 0.4) is 0 Å². The molecule has 10 heteroatoms. The minimum Gasteiger partial charge on any atom is -0.378 e. The average Bonchev–Trinajstić information content (AvgIpc) is 3.25. The van der Waals surface area contributed by atoms with Crippen molar-refractivity contribution in [2.24, 2.45) is 0 Å². The lowest BCUT2D eigenvalue weighted by Crippen LogP contribution is -2.49. The first kappa shape index (κ1) is 22.6. The number of nitrogens with zero attached hydrogens (tertiary/aromatic N) is 6. The number of piperazine rings is 1. The summed E-state index contributed by atoms with van der Waals surface area (Å²) in [5, 5.41) is 4.67. The van der Waals surface area contributed by atoms with Gasteiger partial charge in [-0.15, -0.1) is 0 Å². The summed E-state index contributed by atoms with van der Waals surface area (Å²) in [5.74, 6) is 2.02. The van der Waals surface area contributed by atoms with Gasteiger partial charge in [0.25, 0.3) is 5.91 Å². The number of carbonyl (C=O) groups excluding carboxylic acids is 1. The zero-order valence-electron chi connectivity index (χ0n) is 19.3. The molecular weight excluding hydrogens is 456 g/mol. The first-order chi connectivity index (χ1) is 16.5. The highest BCUT2D eigenvalue weighted by atomic mass is 35.5. The molecule has 0 aliphatic carbocycles. The Morgan fingerprint density at radius 1 is 0.971 bits per heavy atom. The Morgan fingerprint density at radius 2 is 1.71 bits per heavy atom. The molecule has 2 fully saturated rings. The molecule has 2 aliphatic rings. The van der Waals surface area contributed by atoms with E-state index in [1.165, 1.54) is 0 Å². The number of amides is 1. The molecule has 0 unspecified atom stereocenters. The summed E-state index contributed by atoms with van der Waals surface area (Å²) in [7, 11) is 0. The maximum absolute atomic E-state index is 13.5. The normalized spacial score (nSPS) is 16.7. The lowest BCUT2D eigenvalue weighted by molar-refractivity contribution is 0.0745. The minimum atomic E-state index is -0.0961. The number of anilines is 2. The van der Waals surface area contributed by atoms with Gasteiger partial charge in [0.2, 0.25) is 5.95 Å². The van der Waals surface area contributed by atoms with Crippen molar-refractivity contribution in [2.45, 2.75) is 13.8 Å². The molecule has 2 aliphatic heterocycles. The van der Waals surface area contributed by atoms with Crippen LogP contribution in [0.15, 0.2) is 34.9 Å². The summed E-state index contributed by atoms with van der Waals surface area (Å²) < 4.78 is 10.8. The topological polar surface area (TPSA) is 87.8 Å². The van der Waals surface area contributed by atoms with Gasteiger partial charge in [-0.25, -0.2) is 4.98 Å². The van der Waals surface area contributed by atoms with Crippen LogP contribution in [0.2, 0.25) is 5.02 Å². The fraction of sp³-hybridized carbons (Fsp3) is 0.417. The molecular formula is C24H27ClN6O3. The molecule has 0 bridgehead atoms. The van der Waals surface area contributed by atoms with E-state index < -0.39 is 0 Å². The Morgan fingerprint density at radius 3 is 2.44 bits per heavy atom. The lowest BCUT2D eigenvalue weighted by atomic mass is 10.0. The largest absolute Gasteiger partial charge is 0.378 e. The standard InChI is InChI=1S/C24H27ClN6O3/c1-16-15-20(27-24(26-16)31-11-13-33-14-12-31)29-7-9-30(10-8-29)23(32)21-17(2)34-28-22(21)18-5-3-4-6-19(18)25/h3-6,15H,7-14H2,1-2H3. The Balaban J connectivity index is 1.31. The second kappa shape index (κ2) is 9.60. The third-order valence-electron chi connectivity index (χ3n) is 6.22. The van der Waals surface area contributed by atoms with E-state index >= 15 is 0 Å². The second-order valence-electron chi connectivity index (χ2n) is 8.49. The molecule has 0 atom stereocenters. The first-order valence-corrected chi connectivity index (χ1v) is 11.8. The summed E-state index contributed by atoms with van der Waals surface area (Å²) in [6.45, 7) is 9.19. The fourth-order valence-electron chi connectivity index (χ4n) is 4.36. The molecule has 4 heterocycles. The van der Waals surface area contributed by atoms with Crippen LogP contribution >= 0.6 is 11.6 Å². The van der Waals surface area contributed by atoms with Gasteiger partial charge in [0, 0.05) is 56.6 Å². The maximum Gasteiger partial charge on any atom is 0.259 e. The third-order valence-corrected chi connectivity index (χ3v) is 6.55. The molecule has 1 amide bonds. The van der Waals surface area contributed by atoms with Gasteiger partial charge in [0.1, 0.15) is 22.8 Å². The maximum atomic E-state index is 13.5. The van der Waals surface area contributed by atoms with Crippen LogP contribution in [0.4, 0.5) is 11.8 Å². The fourth-order valence-corrected chi connectivity index (χ4v) is 4.59. The second-order valence-corrected chi connectivity index (χ2v) is 8.90. The van der Waals surface area contributed by atoms with Crippen LogP contribution in [-0.2, 0) is 4.74 Å². The van der Waals surface area contributed by atoms with Crippen molar-refractivity contribution in [2.75, 3.05) is 62.3 Å². The van der Waals surface area contributed by atoms with Crippen molar-refractivity contribution in [1.29, 1.82) is 0 Å². The number of carbonyl (C=O) groups is 1. The predicted molar refractivity (Wildman–Crippen MR) is 130 cm³/mol. The number of benzene rings is 1. The van der Waals surface area contributed by atoms with E-state index in [9.17, 15) is 4.79 Å². The third kappa shape index (κ3) is 4.45. The molecule has 3 aromatic rings. The highest BCUT2D eigenvalue weighted by Crippen LogP contribution is 2.32. The number of aromatic nitrogens is 3. The van der Waals surface area contributed by atoms with Crippen molar-refractivity contribution < 1.29 is 14.1 Å². The van der Waals surface area contributed by atoms with Crippen molar-refractivity contribution in [1.82, 2.24) is 20.0 Å². The Hall–Kier alpha value is -3.17. The van der Waals surface area contributed by atoms with E-state index in [1.54, 1.807) is 13.0 Å². The summed E-state index contributed by atoms with van der Waals surface area (Å²) >= 11 is 6.36. The smallest absolute Gasteiger partial charge is 0.259 e. The van der Waals surface area contributed by atoms with Crippen LogP contribution in [0.25, 0.3) is 11.3 Å². The summed E-state index contributed by atoms with van der Waals surface area (Å²) in [5.41, 5.74) is 2.57. The van der Waals surface area contributed by atoms with E-state index in [0.29, 0.717) is 67.0 Å². The summed E-state index contributed by atoms with van der Waals surface area (Å²) in [6, 6.07) is 9.34. The number of halogens is 1. The molecule has 1 aromatic carbocycles. The molecule has 9 nitrogen and oxygen atoms in total. The van der Waals surface area contributed by atoms with Crippen LogP contribution < -0.4 is 9.80 Å². The highest BCUT2D eigenvalue weighted by Gasteiger charge is 2.30. The molecule has 5 rings (SSSR count). The zero-order valence-corrected chi connectivity index (χ0v) is 20.1. The molecule has 34 heavy (non-hydrogen) atoms. The van der Waals surface area contributed by atoms with Crippen LogP contribution in [0.5, 0.6) is 0 Å². The zero-order chi connectivity index (χ0) is 23.7. The number of morpholine rings is 1. The predicted octanol–water partition coefficient (Wildman–Crippen LogP) is 3.20. The van der Waals surface area contributed by atoms with E-state index in [2.05, 4.69) is 19.9 Å². The van der Waals surface area contributed by atoms with E-state index in [4.69, 9.17) is 25.8 Å². The van der Waals surface area contributed by atoms with Gasteiger partial charge in [0.05, 0.1) is 18.2 Å². The molecule has 0 radical (unpaired) electrons. The van der Waals surface area contributed by atoms with Crippen LogP contribution in [0.1, 0.15) is 21.8 Å². The monoisotopic (exact) mass is 482 g/mol. The average molecular weight is 483 g/mol. The van der Waals surface area contributed by atoms with Gasteiger partial charge in [-0.05, 0) is 19.9 Å². The Bertz CT molecular complexity index is 1190. The Labute approximate surface area is 203 Å². The number of hydrogen-bond acceptors (Lipinski definition) is 8. The van der Waals surface area contributed by atoms with Crippen molar-refractivity contribution in [3.05, 3.63) is 52.4 Å². The van der Waals surface area contributed by atoms with Gasteiger partial charge in [-0.1, -0.05) is 35.0 Å². The van der Waals surface area contributed by atoms with Crippen molar-refractivity contribution in [3.8, 4) is 11.3 Å². The van der Waals surface area contributed by atoms with E-state index in [-0.39, 0.29) is 5.91 Å². The molecule has 2 aromatic heterocycles. The molecule has 0 spiro atoms. The molecule has 0 saturated carbocycles. The van der Waals surface area contributed by atoms with Gasteiger partial charge < -0.3 is 24.0 Å². The van der Waals surface area contributed by atoms with Crippen LogP contribution in [0, 0.1) is 13.8 Å². The summed E-state index contributed by atoms with van der Waals surface area (Å²) in [4.78, 5) is 29.1. The van der Waals surface area contributed by atoms with Gasteiger partial charge >= 0.3 is 0 Å². The number of ether oxygens (including phenoxy) is 1. The molecule has 2 saturated heterocycles.